The standard InChI is InChI=1S/C69H120O12/c1-4-7-10-13-16-19-22-25-28-31-34-37-40-43-46-49-52-55-61(70)77-58-60(79-62(71)56-53-50-47-44-41-38-35-32-29-26-23-20-17-14-11-8-5-2)59-78-69-67(65(74)64(73)66(81-69)68(75)76)80-63(72)57-54-51-48-45-42-39-36-33-30-27-24-21-18-15-12-9-6-3/h9,12,18,21,27,30,36,39,45,48,60,64-67,69,73-74H,4-8,10-11,13-17,19-20,22-26,28-29,31-35,37-38,40-44,46-47,49-59H2,1-3H3,(H,75,76)/b12-9-,21-18-,30-27-,39-36-,48-45-. The molecule has 0 aromatic rings. The summed E-state index contributed by atoms with van der Waals surface area (Å²) >= 11 is 0. The van der Waals surface area contributed by atoms with Crippen LogP contribution in [0.2, 0.25) is 0 Å². The van der Waals surface area contributed by atoms with Crippen molar-refractivity contribution in [3.63, 3.8) is 0 Å². The molecule has 468 valence electrons. The lowest BCUT2D eigenvalue weighted by atomic mass is 9.98. The van der Waals surface area contributed by atoms with Crippen LogP contribution in [-0.2, 0) is 42.9 Å². The number of carboxylic acids is 1. The van der Waals surface area contributed by atoms with Gasteiger partial charge in [0.2, 0.25) is 0 Å². The molecule has 3 N–H and O–H groups in total. The quantitative estimate of drug-likeness (QED) is 0.0228. The highest BCUT2D eigenvalue weighted by atomic mass is 16.7. The van der Waals surface area contributed by atoms with Crippen molar-refractivity contribution in [1.82, 2.24) is 0 Å². The van der Waals surface area contributed by atoms with Crippen molar-refractivity contribution in [1.29, 1.82) is 0 Å². The van der Waals surface area contributed by atoms with Crippen molar-refractivity contribution in [3.05, 3.63) is 60.8 Å². The molecule has 81 heavy (non-hydrogen) atoms. The molecule has 0 aliphatic carbocycles. The van der Waals surface area contributed by atoms with Crippen molar-refractivity contribution >= 4 is 23.9 Å². The average molecular weight is 1140 g/mol. The molecule has 1 aliphatic heterocycles. The molecule has 1 aliphatic rings. The zero-order valence-electron chi connectivity index (χ0n) is 51.8. The lowest BCUT2D eigenvalue weighted by molar-refractivity contribution is -0.301. The van der Waals surface area contributed by atoms with Crippen LogP contribution < -0.4 is 0 Å². The maximum atomic E-state index is 13.2. The number of hydrogen-bond donors (Lipinski definition) is 3. The van der Waals surface area contributed by atoms with E-state index in [0.29, 0.717) is 25.7 Å². The van der Waals surface area contributed by atoms with Crippen LogP contribution in [0, 0.1) is 0 Å². The molecule has 1 fully saturated rings. The maximum absolute atomic E-state index is 13.2. The Kier molecular flexibility index (Phi) is 53.0. The second kappa shape index (κ2) is 56.9. The first-order valence-corrected chi connectivity index (χ1v) is 33.3. The summed E-state index contributed by atoms with van der Waals surface area (Å²) in [5.74, 6) is -3.17. The predicted octanol–water partition coefficient (Wildman–Crippen LogP) is 17.9. The van der Waals surface area contributed by atoms with E-state index >= 15 is 0 Å². The molecule has 0 radical (unpaired) electrons. The SMILES string of the molecule is CC/C=C\C/C=C\C/C=C\C/C=C\C/C=C\CCCC(=O)OC1C(OCC(COC(=O)CCCCCCCCCCCCCCCCCCC)OC(=O)CCCCCCCCCCCCCCCCCCC)OC(C(=O)O)C(O)C1O. The Balaban J connectivity index is 2.67. The van der Waals surface area contributed by atoms with Crippen LogP contribution in [0.4, 0.5) is 0 Å². The smallest absolute Gasteiger partial charge is 0.335 e. The van der Waals surface area contributed by atoms with Crippen molar-refractivity contribution in [3.8, 4) is 0 Å². The highest BCUT2D eigenvalue weighted by Crippen LogP contribution is 2.27. The zero-order chi connectivity index (χ0) is 58.9. The van der Waals surface area contributed by atoms with E-state index in [9.17, 15) is 34.5 Å². The number of hydrogen-bond acceptors (Lipinski definition) is 11. The average Bonchev–Trinajstić information content (AvgIpc) is 3.53. The van der Waals surface area contributed by atoms with Crippen LogP contribution in [0.15, 0.2) is 60.8 Å². The third-order valence-corrected chi connectivity index (χ3v) is 15.1. The number of carbonyl (C=O) groups is 4. The summed E-state index contributed by atoms with van der Waals surface area (Å²) in [7, 11) is 0. The van der Waals surface area contributed by atoms with E-state index in [0.717, 1.165) is 70.6 Å². The first-order valence-electron chi connectivity index (χ1n) is 33.3. The van der Waals surface area contributed by atoms with E-state index in [-0.39, 0.29) is 25.9 Å². The number of esters is 3. The van der Waals surface area contributed by atoms with Gasteiger partial charge in [0, 0.05) is 19.3 Å². The molecule has 0 aromatic carbocycles. The van der Waals surface area contributed by atoms with Gasteiger partial charge in [0.05, 0.1) is 6.61 Å². The van der Waals surface area contributed by atoms with Gasteiger partial charge in [-0.2, -0.15) is 0 Å². The molecule has 6 unspecified atom stereocenters. The third-order valence-electron chi connectivity index (χ3n) is 15.1. The van der Waals surface area contributed by atoms with E-state index in [2.05, 4.69) is 69.4 Å². The molecule has 0 spiro atoms. The van der Waals surface area contributed by atoms with Gasteiger partial charge in [-0.15, -0.1) is 0 Å². The number of aliphatic hydroxyl groups is 2. The zero-order valence-corrected chi connectivity index (χ0v) is 51.8. The Bertz CT molecular complexity index is 1640. The number of ether oxygens (including phenoxy) is 5. The summed E-state index contributed by atoms with van der Waals surface area (Å²) in [6.45, 7) is 5.91. The lowest BCUT2D eigenvalue weighted by Crippen LogP contribution is -2.61. The monoisotopic (exact) mass is 1140 g/mol. The van der Waals surface area contributed by atoms with Crippen LogP contribution in [0.5, 0.6) is 0 Å². The molecule has 6 atom stereocenters. The Morgan fingerprint density at radius 1 is 0.420 bits per heavy atom. The molecule has 12 nitrogen and oxygen atoms in total. The van der Waals surface area contributed by atoms with Gasteiger partial charge >= 0.3 is 23.9 Å². The van der Waals surface area contributed by atoms with Crippen molar-refractivity contribution in [2.24, 2.45) is 0 Å². The minimum atomic E-state index is -1.92. The summed E-state index contributed by atoms with van der Waals surface area (Å²) < 4.78 is 28.5. The fourth-order valence-electron chi connectivity index (χ4n) is 10.1. The summed E-state index contributed by atoms with van der Waals surface area (Å²) in [6, 6.07) is 0. The summed E-state index contributed by atoms with van der Waals surface area (Å²) in [5.41, 5.74) is 0. The van der Waals surface area contributed by atoms with Crippen molar-refractivity contribution in [2.75, 3.05) is 13.2 Å². The van der Waals surface area contributed by atoms with E-state index in [1.54, 1.807) is 0 Å². The highest BCUT2D eigenvalue weighted by molar-refractivity contribution is 5.74. The molecular formula is C69H120O12. The minimum absolute atomic E-state index is 0.0161. The topological polar surface area (TPSA) is 175 Å². The van der Waals surface area contributed by atoms with E-state index in [1.165, 1.54) is 167 Å². The maximum Gasteiger partial charge on any atom is 0.335 e. The molecular weight excluding hydrogens is 1020 g/mol. The van der Waals surface area contributed by atoms with Gasteiger partial charge in [0.1, 0.15) is 18.8 Å². The van der Waals surface area contributed by atoms with Gasteiger partial charge in [-0.3, -0.25) is 14.4 Å². The molecule has 0 amide bonds. The first kappa shape index (κ1) is 75.4. The molecule has 1 saturated heterocycles. The number of unbranched alkanes of at least 4 members (excludes halogenated alkanes) is 33. The molecule has 1 rings (SSSR count). The van der Waals surface area contributed by atoms with E-state index < -0.39 is 67.3 Å². The number of allylic oxidation sites excluding steroid dienone is 10. The molecule has 0 bridgehead atoms. The molecule has 0 aromatic heterocycles. The number of rotatable bonds is 57. The summed E-state index contributed by atoms with van der Waals surface area (Å²) in [5, 5.41) is 31.6. The van der Waals surface area contributed by atoms with E-state index in [4.69, 9.17) is 23.7 Å². The Morgan fingerprint density at radius 3 is 1.17 bits per heavy atom. The summed E-state index contributed by atoms with van der Waals surface area (Å²) in [6.07, 6.45) is 59.0. The normalized spacial score (nSPS) is 18.1. The van der Waals surface area contributed by atoms with Gasteiger partial charge in [-0.25, -0.2) is 4.79 Å². The van der Waals surface area contributed by atoms with Crippen LogP contribution in [0.25, 0.3) is 0 Å². The molecule has 0 saturated carbocycles. The Labute approximate surface area is 494 Å². The van der Waals surface area contributed by atoms with Gasteiger partial charge in [0.15, 0.2) is 24.6 Å². The van der Waals surface area contributed by atoms with Crippen LogP contribution in [0.1, 0.15) is 303 Å². The largest absolute Gasteiger partial charge is 0.479 e. The number of carboxylic acid groups (broad SMARTS) is 1. The van der Waals surface area contributed by atoms with Gasteiger partial charge < -0.3 is 39.0 Å². The lowest BCUT2D eigenvalue weighted by Gasteiger charge is -2.40. The third kappa shape index (κ3) is 46.5. The number of carbonyl (C=O) groups excluding carboxylic acids is 3. The van der Waals surface area contributed by atoms with Crippen molar-refractivity contribution < 1.29 is 58.2 Å². The predicted molar refractivity (Wildman–Crippen MR) is 331 cm³/mol. The second-order valence-corrected chi connectivity index (χ2v) is 22.7. The second-order valence-electron chi connectivity index (χ2n) is 22.7. The van der Waals surface area contributed by atoms with Gasteiger partial charge in [-0.1, -0.05) is 287 Å². The Morgan fingerprint density at radius 2 is 0.778 bits per heavy atom. The highest BCUT2D eigenvalue weighted by Gasteiger charge is 2.50. The van der Waals surface area contributed by atoms with Gasteiger partial charge in [0.25, 0.3) is 0 Å². The Hall–Kier alpha value is -3.58. The minimum Gasteiger partial charge on any atom is -0.479 e. The van der Waals surface area contributed by atoms with Crippen LogP contribution in [-0.4, -0.2) is 89.2 Å². The van der Waals surface area contributed by atoms with Crippen molar-refractivity contribution in [2.45, 2.75) is 340 Å². The summed E-state index contributed by atoms with van der Waals surface area (Å²) in [4.78, 5) is 51.3. The fourth-order valence-corrected chi connectivity index (χ4v) is 10.1. The van der Waals surface area contributed by atoms with Gasteiger partial charge in [-0.05, 0) is 57.8 Å². The van der Waals surface area contributed by atoms with Crippen LogP contribution >= 0.6 is 0 Å². The molecule has 1 heterocycles. The fraction of sp³-hybridized carbons (Fsp3) is 0.797. The van der Waals surface area contributed by atoms with Crippen LogP contribution in [0.3, 0.4) is 0 Å². The number of aliphatic carboxylic acids is 1. The van der Waals surface area contributed by atoms with E-state index in [1.807, 2.05) is 12.2 Å². The first-order chi connectivity index (χ1) is 39.6. The molecule has 12 heteroatoms. The number of aliphatic hydroxyl groups excluding tert-OH is 2.